The molecule has 0 unspecified atom stereocenters. The van der Waals surface area contributed by atoms with Gasteiger partial charge in [-0.3, -0.25) is 4.79 Å². The van der Waals surface area contributed by atoms with Crippen molar-refractivity contribution in [3.63, 3.8) is 0 Å². The van der Waals surface area contributed by atoms with Crippen molar-refractivity contribution in [3.8, 4) is 6.07 Å². The molecular weight excluding hydrogens is 398 g/mol. The summed E-state index contributed by atoms with van der Waals surface area (Å²) in [6, 6.07) is 15.7. The van der Waals surface area contributed by atoms with Gasteiger partial charge in [-0.2, -0.15) is 5.26 Å². The minimum atomic E-state index is -0.448. The zero-order valence-electron chi connectivity index (χ0n) is 13.7. The van der Waals surface area contributed by atoms with E-state index in [1.165, 1.54) is 0 Å². The lowest BCUT2D eigenvalue weighted by Crippen LogP contribution is -2.46. The van der Waals surface area contributed by atoms with Crippen LogP contribution in [0.3, 0.4) is 0 Å². The first-order valence-electron chi connectivity index (χ1n) is 7.68. The van der Waals surface area contributed by atoms with Crippen molar-refractivity contribution in [2.45, 2.75) is 20.0 Å². The molecule has 1 amide bonds. The highest BCUT2D eigenvalue weighted by atomic mass is 79.9. The number of benzene rings is 2. The number of anilines is 1. The van der Waals surface area contributed by atoms with E-state index in [9.17, 15) is 10.1 Å². The van der Waals surface area contributed by atoms with Gasteiger partial charge >= 0.3 is 0 Å². The van der Waals surface area contributed by atoms with E-state index >= 15 is 0 Å². The molecule has 2 aromatic carbocycles. The molecule has 6 heteroatoms. The maximum atomic E-state index is 12.3. The second kappa shape index (κ2) is 6.95. The molecular formula is C19H16BrN3OS. The van der Waals surface area contributed by atoms with Crippen molar-refractivity contribution >= 4 is 40.2 Å². The minimum absolute atomic E-state index is 0.00885. The molecule has 1 N–H and O–H groups in total. The normalized spacial score (nSPS) is 17.3. The van der Waals surface area contributed by atoms with Gasteiger partial charge in [0.25, 0.3) is 5.91 Å². The molecule has 4 nitrogen and oxygen atoms in total. The van der Waals surface area contributed by atoms with Crippen LogP contribution in [0.15, 0.2) is 57.5 Å². The van der Waals surface area contributed by atoms with Crippen LogP contribution in [0.2, 0.25) is 0 Å². The lowest BCUT2D eigenvalue weighted by Gasteiger charge is -2.38. The first-order valence-corrected chi connectivity index (χ1v) is 8.92. The monoisotopic (exact) mass is 413 g/mol. The number of hydrogen-bond acceptors (Lipinski definition) is 4. The molecule has 0 fully saturated rings. The van der Waals surface area contributed by atoms with E-state index < -0.39 is 12.1 Å². The number of hydrogen-bond donors (Lipinski definition) is 2. The molecule has 0 radical (unpaired) electrons. The number of thiol groups is 1. The lowest BCUT2D eigenvalue weighted by molar-refractivity contribution is -0.118. The van der Waals surface area contributed by atoms with Gasteiger partial charge in [0.05, 0.1) is 5.03 Å². The van der Waals surface area contributed by atoms with Crippen LogP contribution in [-0.2, 0) is 4.79 Å². The molecule has 25 heavy (non-hydrogen) atoms. The third-order valence-electron chi connectivity index (χ3n) is 4.09. The Balaban J connectivity index is 2.21. The fourth-order valence-corrected chi connectivity index (χ4v) is 3.74. The molecule has 1 aliphatic rings. The Morgan fingerprint density at radius 3 is 2.64 bits per heavy atom. The first-order chi connectivity index (χ1) is 11.9. The van der Waals surface area contributed by atoms with Gasteiger partial charge in [0.15, 0.2) is 0 Å². The van der Waals surface area contributed by atoms with E-state index in [-0.39, 0.29) is 5.57 Å². The molecule has 2 aromatic rings. The number of carbonyl (C=O) groups excluding carboxylic acids is 1. The molecule has 0 aliphatic carbocycles. The van der Waals surface area contributed by atoms with Crippen molar-refractivity contribution in [2.24, 2.45) is 0 Å². The van der Waals surface area contributed by atoms with E-state index in [4.69, 9.17) is 0 Å². The zero-order chi connectivity index (χ0) is 18.1. The van der Waals surface area contributed by atoms with Crippen LogP contribution < -0.4 is 10.2 Å². The van der Waals surface area contributed by atoms with Crippen molar-refractivity contribution in [2.75, 3.05) is 4.90 Å². The van der Waals surface area contributed by atoms with Gasteiger partial charge in [-0.25, -0.2) is 0 Å². The molecule has 0 saturated carbocycles. The van der Waals surface area contributed by atoms with E-state index in [0.29, 0.717) is 5.03 Å². The quantitative estimate of drug-likeness (QED) is 0.718. The van der Waals surface area contributed by atoms with Crippen molar-refractivity contribution in [1.82, 2.24) is 5.32 Å². The van der Waals surface area contributed by atoms with Gasteiger partial charge in [0.1, 0.15) is 17.8 Å². The Bertz CT molecular complexity index is 933. The third kappa shape index (κ3) is 3.30. The molecule has 0 spiro atoms. The van der Waals surface area contributed by atoms with Crippen LogP contribution in [0.5, 0.6) is 0 Å². The van der Waals surface area contributed by atoms with Gasteiger partial charge in [-0.15, -0.1) is 12.6 Å². The molecule has 0 saturated heterocycles. The van der Waals surface area contributed by atoms with Gasteiger partial charge < -0.3 is 10.2 Å². The van der Waals surface area contributed by atoms with Crippen LogP contribution in [0, 0.1) is 25.2 Å². The average molecular weight is 414 g/mol. The molecule has 1 atom stereocenters. The summed E-state index contributed by atoms with van der Waals surface area (Å²) < 4.78 is 0.913. The summed E-state index contributed by atoms with van der Waals surface area (Å²) in [6.07, 6.45) is -0.448. The Labute approximate surface area is 160 Å². The number of amides is 1. The number of nitrogens with zero attached hydrogens (tertiary/aromatic N) is 2. The third-order valence-corrected chi connectivity index (χ3v) is 5.03. The van der Waals surface area contributed by atoms with Crippen molar-refractivity contribution < 1.29 is 4.79 Å². The standard InChI is InChI=1S/C19H16BrN3OS/c1-11-6-7-16(12(2)8-11)23-17(13-4-3-5-14(20)9-13)22-18(24)15(10-21)19(23)25/h3-9,17,25H,1-2H3,(H,22,24)/t17-/m0/s1. The predicted molar refractivity (Wildman–Crippen MR) is 105 cm³/mol. The second-order valence-electron chi connectivity index (χ2n) is 5.90. The smallest absolute Gasteiger partial charge is 0.266 e. The molecule has 1 heterocycles. The number of nitriles is 1. The van der Waals surface area contributed by atoms with Gasteiger partial charge in [-0.05, 0) is 43.2 Å². The van der Waals surface area contributed by atoms with Crippen molar-refractivity contribution in [1.29, 1.82) is 5.26 Å². The molecule has 0 bridgehead atoms. The maximum Gasteiger partial charge on any atom is 0.266 e. The Hall–Kier alpha value is -2.23. The Morgan fingerprint density at radius 1 is 1.24 bits per heavy atom. The van der Waals surface area contributed by atoms with E-state index in [0.717, 1.165) is 26.9 Å². The SMILES string of the molecule is Cc1ccc(N2C(S)=C(C#N)C(=O)N[C@@H]2c2cccc(Br)c2)c(C)c1. The summed E-state index contributed by atoms with van der Waals surface area (Å²) in [5.41, 5.74) is 3.99. The Morgan fingerprint density at radius 2 is 2.00 bits per heavy atom. The topological polar surface area (TPSA) is 56.1 Å². The first kappa shape index (κ1) is 17.6. The molecule has 126 valence electrons. The molecule has 0 aromatic heterocycles. The largest absolute Gasteiger partial charge is 0.327 e. The van der Waals surface area contributed by atoms with Crippen LogP contribution >= 0.6 is 28.6 Å². The van der Waals surface area contributed by atoms with Crippen molar-refractivity contribution in [3.05, 3.63) is 74.2 Å². The minimum Gasteiger partial charge on any atom is -0.327 e. The summed E-state index contributed by atoms with van der Waals surface area (Å²) in [6.45, 7) is 4.03. The van der Waals surface area contributed by atoms with E-state index in [2.05, 4.69) is 39.9 Å². The zero-order valence-corrected chi connectivity index (χ0v) is 16.2. The molecule has 1 aliphatic heterocycles. The summed E-state index contributed by atoms with van der Waals surface area (Å²) in [7, 11) is 0. The van der Waals surface area contributed by atoms with Crippen LogP contribution in [0.25, 0.3) is 0 Å². The van der Waals surface area contributed by atoms with Gasteiger partial charge in [-0.1, -0.05) is 45.8 Å². The Kier molecular flexibility index (Phi) is 4.89. The highest BCUT2D eigenvalue weighted by Crippen LogP contribution is 2.38. The van der Waals surface area contributed by atoms with Crippen LogP contribution in [-0.4, -0.2) is 5.91 Å². The number of halogens is 1. The average Bonchev–Trinajstić information content (AvgIpc) is 2.56. The predicted octanol–water partition coefficient (Wildman–Crippen LogP) is 4.37. The lowest BCUT2D eigenvalue weighted by atomic mass is 10.0. The number of carbonyl (C=O) groups is 1. The number of rotatable bonds is 2. The fourth-order valence-electron chi connectivity index (χ4n) is 2.94. The maximum absolute atomic E-state index is 12.3. The summed E-state index contributed by atoms with van der Waals surface area (Å²) >= 11 is 7.99. The highest BCUT2D eigenvalue weighted by molar-refractivity contribution is 9.10. The van der Waals surface area contributed by atoms with E-state index in [1.54, 1.807) is 0 Å². The van der Waals surface area contributed by atoms with Gasteiger partial charge in [0.2, 0.25) is 0 Å². The number of nitrogens with one attached hydrogen (secondary N) is 1. The summed E-state index contributed by atoms with van der Waals surface area (Å²) in [5.74, 6) is -0.418. The van der Waals surface area contributed by atoms with Gasteiger partial charge in [0, 0.05) is 10.2 Å². The number of aryl methyl sites for hydroxylation is 2. The summed E-state index contributed by atoms with van der Waals surface area (Å²) in [5, 5.41) is 12.6. The fraction of sp³-hybridized carbons (Fsp3) is 0.158. The highest BCUT2D eigenvalue weighted by Gasteiger charge is 2.34. The summed E-state index contributed by atoms with van der Waals surface area (Å²) in [4.78, 5) is 14.2. The van der Waals surface area contributed by atoms with E-state index in [1.807, 2.05) is 61.2 Å². The second-order valence-corrected chi connectivity index (χ2v) is 7.24. The van der Waals surface area contributed by atoms with Crippen LogP contribution in [0.1, 0.15) is 22.9 Å². The van der Waals surface area contributed by atoms with Crippen LogP contribution in [0.4, 0.5) is 5.69 Å². The molecule has 3 rings (SSSR count).